The molecule has 1 aliphatic heterocycles. The molecule has 2 aromatic rings. The summed E-state index contributed by atoms with van der Waals surface area (Å²) < 4.78 is 41.0. The molecule has 7 heteroatoms. The molecule has 3 rings (SSSR count). The third kappa shape index (κ3) is 2.87. The molecule has 0 aromatic heterocycles. The normalized spacial score (nSPS) is 13.7. The molecular weight excluding hydrogens is 331 g/mol. The van der Waals surface area contributed by atoms with Gasteiger partial charge < -0.3 is 5.32 Å². The van der Waals surface area contributed by atoms with Crippen molar-refractivity contribution in [2.24, 2.45) is 0 Å². The summed E-state index contributed by atoms with van der Waals surface area (Å²) in [5, 5.41) is 2.31. The second-order valence-corrected chi connectivity index (χ2v) is 7.64. The number of halogens is 1. The van der Waals surface area contributed by atoms with E-state index in [1.54, 1.807) is 0 Å². The van der Waals surface area contributed by atoms with Crippen LogP contribution in [-0.4, -0.2) is 20.9 Å². The standard InChI is InChI=1S/C17H17FN2O3S/c1-11-3-4-13-7-8-20(17(13)9-11)24(22,23)14-5-6-15(18)16(10-14)19-12(2)21/h3-6,9-10H,7-8H2,1-2H3,(H,19,21). The van der Waals surface area contributed by atoms with E-state index >= 15 is 0 Å². The number of carbonyl (C=O) groups excluding carboxylic acids is 1. The first-order valence-electron chi connectivity index (χ1n) is 7.48. The van der Waals surface area contributed by atoms with Crippen LogP contribution in [0.1, 0.15) is 18.1 Å². The number of rotatable bonds is 3. The molecule has 24 heavy (non-hydrogen) atoms. The Kier molecular flexibility index (Phi) is 4.04. The number of nitrogens with one attached hydrogen (secondary N) is 1. The highest BCUT2D eigenvalue weighted by atomic mass is 32.2. The van der Waals surface area contributed by atoms with E-state index in [2.05, 4.69) is 5.32 Å². The van der Waals surface area contributed by atoms with Crippen molar-refractivity contribution in [2.75, 3.05) is 16.2 Å². The number of carbonyl (C=O) groups is 1. The van der Waals surface area contributed by atoms with Crippen molar-refractivity contribution in [2.45, 2.75) is 25.2 Å². The molecule has 0 atom stereocenters. The lowest BCUT2D eigenvalue weighted by atomic mass is 10.1. The lowest BCUT2D eigenvalue weighted by Gasteiger charge is -2.20. The van der Waals surface area contributed by atoms with E-state index in [-0.39, 0.29) is 10.6 Å². The molecule has 1 N–H and O–H groups in total. The van der Waals surface area contributed by atoms with Crippen molar-refractivity contribution >= 4 is 27.3 Å². The number of hydrogen-bond donors (Lipinski definition) is 1. The molecule has 5 nitrogen and oxygen atoms in total. The molecule has 0 bridgehead atoms. The highest BCUT2D eigenvalue weighted by Gasteiger charge is 2.31. The second-order valence-electron chi connectivity index (χ2n) is 5.78. The van der Waals surface area contributed by atoms with E-state index in [9.17, 15) is 17.6 Å². The van der Waals surface area contributed by atoms with Crippen LogP contribution in [0.15, 0.2) is 41.3 Å². The number of nitrogens with zero attached hydrogens (tertiary/aromatic N) is 1. The maximum atomic E-state index is 13.8. The van der Waals surface area contributed by atoms with E-state index < -0.39 is 21.7 Å². The third-order valence-electron chi connectivity index (χ3n) is 3.93. The van der Waals surface area contributed by atoms with Crippen LogP contribution in [0.3, 0.4) is 0 Å². The zero-order chi connectivity index (χ0) is 17.5. The van der Waals surface area contributed by atoms with Gasteiger partial charge in [-0.05, 0) is 48.7 Å². The van der Waals surface area contributed by atoms with Crippen molar-refractivity contribution in [1.82, 2.24) is 0 Å². The Morgan fingerprint density at radius 2 is 1.96 bits per heavy atom. The fourth-order valence-corrected chi connectivity index (χ4v) is 4.31. The lowest BCUT2D eigenvalue weighted by molar-refractivity contribution is -0.114. The van der Waals surface area contributed by atoms with Gasteiger partial charge >= 0.3 is 0 Å². The van der Waals surface area contributed by atoms with Crippen LogP contribution in [0, 0.1) is 12.7 Å². The third-order valence-corrected chi connectivity index (χ3v) is 5.74. The summed E-state index contributed by atoms with van der Waals surface area (Å²) in [6.07, 6.45) is 0.634. The number of fused-ring (bicyclic) bond motifs is 1. The number of benzene rings is 2. The Morgan fingerprint density at radius 3 is 2.67 bits per heavy atom. The van der Waals surface area contributed by atoms with Crippen LogP contribution in [0.2, 0.25) is 0 Å². The average molecular weight is 348 g/mol. The van der Waals surface area contributed by atoms with Gasteiger partial charge in [-0.3, -0.25) is 9.10 Å². The molecule has 0 radical (unpaired) electrons. The number of hydrogen-bond acceptors (Lipinski definition) is 3. The Hall–Kier alpha value is -2.41. The number of aryl methyl sites for hydroxylation is 1. The summed E-state index contributed by atoms with van der Waals surface area (Å²) in [6, 6.07) is 9.11. The van der Waals surface area contributed by atoms with Crippen LogP contribution >= 0.6 is 0 Å². The molecule has 0 unspecified atom stereocenters. The molecule has 0 aliphatic carbocycles. The van der Waals surface area contributed by atoms with Crippen LogP contribution in [-0.2, 0) is 21.2 Å². The van der Waals surface area contributed by atoms with E-state index in [1.807, 2.05) is 25.1 Å². The van der Waals surface area contributed by atoms with E-state index in [0.717, 1.165) is 23.3 Å². The largest absolute Gasteiger partial charge is 0.324 e. The minimum Gasteiger partial charge on any atom is -0.324 e. The van der Waals surface area contributed by atoms with E-state index in [1.165, 1.54) is 17.3 Å². The maximum Gasteiger partial charge on any atom is 0.264 e. The van der Waals surface area contributed by atoms with Gasteiger partial charge in [0.2, 0.25) is 5.91 Å². The van der Waals surface area contributed by atoms with E-state index in [4.69, 9.17) is 0 Å². The van der Waals surface area contributed by atoms with Gasteiger partial charge in [0.25, 0.3) is 10.0 Å². The first kappa shape index (κ1) is 16.4. The quantitative estimate of drug-likeness (QED) is 0.927. The first-order valence-corrected chi connectivity index (χ1v) is 8.92. The Morgan fingerprint density at radius 1 is 1.21 bits per heavy atom. The molecule has 0 fully saturated rings. The van der Waals surface area contributed by atoms with Crippen LogP contribution in [0.25, 0.3) is 0 Å². The van der Waals surface area contributed by atoms with Gasteiger partial charge in [0, 0.05) is 13.5 Å². The number of amides is 1. The van der Waals surface area contributed by atoms with Gasteiger partial charge in [0.05, 0.1) is 16.3 Å². The Labute approximate surface area is 140 Å². The van der Waals surface area contributed by atoms with Crippen molar-refractivity contribution < 1.29 is 17.6 Å². The summed E-state index contributed by atoms with van der Waals surface area (Å²) in [4.78, 5) is 11.1. The molecule has 126 valence electrons. The minimum atomic E-state index is -3.83. The maximum absolute atomic E-state index is 13.8. The van der Waals surface area contributed by atoms with Gasteiger partial charge in [-0.15, -0.1) is 0 Å². The molecule has 0 spiro atoms. The fraction of sp³-hybridized carbons (Fsp3) is 0.235. The van der Waals surface area contributed by atoms with Crippen molar-refractivity contribution in [1.29, 1.82) is 0 Å². The van der Waals surface area contributed by atoms with Crippen molar-refractivity contribution in [3.05, 3.63) is 53.3 Å². The van der Waals surface area contributed by atoms with Crippen LogP contribution in [0.4, 0.5) is 15.8 Å². The molecular formula is C17H17FN2O3S. The first-order chi connectivity index (χ1) is 11.3. The van der Waals surface area contributed by atoms with Gasteiger partial charge in [0.15, 0.2) is 0 Å². The highest BCUT2D eigenvalue weighted by molar-refractivity contribution is 7.92. The SMILES string of the molecule is CC(=O)Nc1cc(S(=O)(=O)N2CCc3ccc(C)cc32)ccc1F. The van der Waals surface area contributed by atoms with E-state index in [0.29, 0.717) is 18.7 Å². The Balaban J connectivity index is 2.04. The van der Waals surface area contributed by atoms with Crippen LogP contribution in [0.5, 0.6) is 0 Å². The fourth-order valence-electron chi connectivity index (χ4n) is 2.79. The molecule has 1 heterocycles. The predicted octanol–water partition coefficient (Wildman–Crippen LogP) is 2.84. The second kappa shape index (κ2) is 5.90. The van der Waals surface area contributed by atoms with Crippen molar-refractivity contribution in [3.8, 4) is 0 Å². The van der Waals surface area contributed by atoms with Gasteiger partial charge in [0.1, 0.15) is 5.82 Å². The number of sulfonamides is 1. The summed E-state index contributed by atoms with van der Waals surface area (Å²) in [5.41, 5.74) is 2.44. The zero-order valence-corrected chi connectivity index (χ0v) is 14.2. The summed E-state index contributed by atoms with van der Waals surface area (Å²) in [5.74, 6) is -1.15. The van der Waals surface area contributed by atoms with Gasteiger partial charge in [-0.2, -0.15) is 0 Å². The summed E-state index contributed by atoms with van der Waals surface area (Å²) in [6.45, 7) is 3.48. The molecule has 0 saturated heterocycles. The average Bonchev–Trinajstić information content (AvgIpc) is 2.92. The lowest BCUT2D eigenvalue weighted by Crippen LogP contribution is -2.29. The molecule has 0 saturated carbocycles. The molecule has 1 aliphatic rings. The monoisotopic (exact) mass is 348 g/mol. The topological polar surface area (TPSA) is 66.5 Å². The van der Waals surface area contributed by atoms with Gasteiger partial charge in [-0.1, -0.05) is 12.1 Å². The van der Waals surface area contributed by atoms with Gasteiger partial charge in [-0.25, -0.2) is 12.8 Å². The Bertz CT molecular complexity index is 925. The smallest absolute Gasteiger partial charge is 0.264 e. The summed E-state index contributed by atoms with van der Waals surface area (Å²) >= 11 is 0. The van der Waals surface area contributed by atoms with Crippen LogP contribution < -0.4 is 9.62 Å². The molecule has 1 amide bonds. The molecule has 2 aromatic carbocycles. The highest BCUT2D eigenvalue weighted by Crippen LogP contribution is 2.34. The zero-order valence-electron chi connectivity index (χ0n) is 13.3. The minimum absolute atomic E-state index is 0.0537. The van der Waals surface area contributed by atoms with Crippen molar-refractivity contribution in [3.63, 3.8) is 0 Å². The summed E-state index contributed by atoms with van der Waals surface area (Å²) in [7, 11) is -3.83. The number of anilines is 2. The predicted molar refractivity (Wildman–Crippen MR) is 90.1 cm³/mol.